The molecule has 0 saturated carbocycles. The molecule has 146 valence electrons. The van der Waals surface area contributed by atoms with Gasteiger partial charge in [0.05, 0.1) is 5.30 Å². The van der Waals surface area contributed by atoms with E-state index in [4.69, 9.17) is 0 Å². The molecule has 0 spiro atoms. The van der Waals surface area contributed by atoms with Crippen molar-refractivity contribution in [2.75, 3.05) is 0 Å². The van der Waals surface area contributed by atoms with Gasteiger partial charge in [-0.05, 0) is 73.1 Å². The Kier molecular flexibility index (Phi) is 5.90. The molecule has 0 fully saturated rings. The van der Waals surface area contributed by atoms with Crippen molar-refractivity contribution in [2.45, 2.75) is 40.5 Å². The van der Waals surface area contributed by atoms with Crippen molar-refractivity contribution in [2.24, 2.45) is 0 Å². The molecule has 0 radical (unpaired) electrons. The smallest absolute Gasteiger partial charge is 0.321 e. The highest BCUT2D eigenvalue weighted by atomic mass is 31.2. The van der Waals surface area contributed by atoms with Gasteiger partial charge in [0.1, 0.15) is 0 Å². The molecular formula is C24H27O3P. The van der Waals surface area contributed by atoms with Crippen molar-refractivity contribution < 1.29 is 14.4 Å². The van der Waals surface area contributed by atoms with Gasteiger partial charge in [-0.1, -0.05) is 61.0 Å². The van der Waals surface area contributed by atoms with Gasteiger partial charge in [0.2, 0.25) is 0 Å². The maximum absolute atomic E-state index is 12.3. The highest BCUT2D eigenvalue weighted by molar-refractivity contribution is 7.60. The van der Waals surface area contributed by atoms with E-state index in [0.717, 1.165) is 23.1 Å². The minimum absolute atomic E-state index is 0.105. The minimum atomic E-state index is -4.41. The Morgan fingerprint density at radius 2 is 1.46 bits per heavy atom. The van der Waals surface area contributed by atoms with Crippen molar-refractivity contribution >= 4 is 12.9 Å². The molecule has 3 aromatic carbocycles. The van der Waals surface area contributed by atoms with E-state index in [9.17, 15) is 14.4 Å². The van der Waals surface area contributed by atoms with Crippen LogP contribution in [0.1, 0.15) is 40.3 Å². The maximum atomic E-state index is 12.3. The second kappa shape index (κ2) is 8.05. The maximum Gasteiger partial charge on any atom is 0.356 e. The van der Waals surface area contributed by atoms with Crippen molar-refractivity contribution in [3.8, 4) is 11.1 Å². The van der Waals surface area contributed by atoms with Gasteiger partial charge in [0.15, 0.2) is 0 Å². The van der Waals surface area contributed by atoms with Crippen LogP contribution in [0.4, 0.5) is 0 Å². The molecule has 3 nitrogen and oxygen atoms in total. The SMILES string of the molecule is CCc1ccc(P(=O)(O)O)c(-c2ccccc2)c1Cc1c(C)cc(C)cc1C. The third kappa shape index (κ3) is 4.12. The molecule has 0 aliphatic carbocycles. The summed E-state index contributed by atoms with van der Waals surface area (Å²) in [5, 5.41) is 0.105. The van der Waals surface area contributed by atoms with Crippen molar-refractivity contribution in [1.29, 1.82) is 0 Å². The Morgan fingerprint density at radius 3 is 2.00 bits per heavy atom. The molecular weight excluding hydrogens is 367 g/mol. The van der Waals surface area contributed by atoms with Crippen LogP contribution in [0.5, 0.6) is 0 Å². The highest BCUT2D eigenvalue weighted by Crippen LogP contribution is 2.41. The molecule has 3 aromatic rings. The van der Waals surface area contributed by atoms with Gasteiger partial charge in [0, 0.05) is 5.56 Å². The van der Waals surface area contributed by atoms with E-state index in [2.05, 4.69) is 39.8 Å². The monoisotopic (exact) mass is 394 g/mol. The lowest BCUT2D eigenvalue weighted by molar-refractivity contribution is 0.387. The summed E-state index contributed by atoms with van der Waals surface area (Å²) in [4.78, 5) is 20.1. The Bertz CT molecular complexity index is 1030. The van der Waals surface area contributed by atoms with Crippen LogP contribution in [0, 0.1) is 20.8 Å². The second-order valence-corrected chi connectivity index (χ2v) is 8.98. The van der Waals surface area contributed by atoms with E-state index in [1.54, 1.807) is 6.07 Å². The zero-order valence-electron chi connectivity index (χ0n) is 16.9. The Labute approximate surface area is 167 Å². The number of rotatable bonds is 5. The standard InChI is InChI=1S/C24H27O3P/c1-5-19-11-12-23(28(25,26)27)24(20-9-7-6-8-10-20)22(19)15-21-17(3)13-16(2)14-18(21)4/h6-14H,5,15H2,1-4H3,(H2,25,26,27). The van der Waals surface area contributed by atoms with Crippen LogP contribution in [-0.2, 0) is 17.4 Å². The summed E-state index contributed by atoms with van der Waals surface area (Å²) in [6, 6.07) is 17.4. The largest absolute Gasteiger partial charge is 0.356 e. The van der Waals surface area contributed by atoms with Gasteiger partial charge < -0.3 is 9.79 Å². The van der Waals surface area contributed by atoms with Crippen molar-refractivity contribution in [3.63, 3.8) is 0 Å². The predicted octanol–water partition coefficient (Wildman–Crippen LogP) is 5.24. The summed E-state index contributed by atoms with van der Waals surface area (Å²) < 4.78 is 12.3. The first-order valence-corrected chi connectivity index (χ1v) is 11.2. The van der Waals surface area contributed by atoms with Gasteiger partial charge in [0.25, 0.3) is 0 Å². The lowest BCUT2D eigenvalue weighted by atomic mass is 9.87. The van der Waals surface area contributed by atoms with E-state index < -0.39 is 7.60 Å². The third-order valence-corrected chi connectivity index (χ3v) is 6.34. The Morgan fingerprint density at radius 1 is 0.857 bits per heavy atom. The average molecular weight is 394 g/mol. The summed E-state index contributed by atoms with van der Waals surface area (Å²) in [7, 11) is -4.41. The molecule has 0 heterocycles. The quantitative estimate of drug-likeness (QED) is 0.582. The first-order chi connectivity index (χ1) is 13.2. The van der Waals surface area contributed by atoms with Crippen LogP contribution in [0.3, 0.4) is 0 Å². The first kappa shape index (κ1) is 20.5. The topological polar surface area (TPSA) is 57.5 Å². The fourth-order valence-electron chi connectivity index (χ4n) is 4.05. The molecule has 2 N–H and O–H groups in total. The molecule has 0 aromatic heterocycles. The molecule has 0 aliphatic heterocycles. The molecule has 4 heteroatoms. The fourth-order valence-corrected chi connectivity index (χ4v) is 4.87. The summed E-state index contributed by atoms with van der Waals surface area (Å²) in [6.07, 6.45) is 1.46. The summed E-state index contributed by atoms with van der Waals surface area (Å²) in [5.41, 5.74) is 8.50. The van der Waals surface area contributed by atoms with Gasteiger partial charge >= 0.3 is 7.60 Å². The average Bonchev–Trinajstić information content (AvgIpc) is 2.63. The van der Waals surface area contributed by atoms with Gasteiger partial charge in [-0.2, -0.15) is 0 Å². The van der Waals surface area contributed by atoms with Crippen LogP contribution in [0.25, 0.3) is 11.1 Å². The minimum Gasteiger partial charge on any atom is -0.321 e. The molecule has 0 amide bonds. The number of hydrogen-bond donors (Lipinski definition) is 2. The first-order valence-electron chi connectivity index (χ1n) is 9.55. The Balaban J connectivity index is 2.32. The van der Waals surface area contributed by atoms with E-state index in [1.165, 1.54) is 22.3 Å². The number of aryl methyl sites for hydroxylation is 4. The second-order valence-electron chi connectivity index (χ2n) is 7.42. The van der Waals surface area contributed by atoms with E-state index >= 15 is 0 Å². The lowest BCUT2D eigenvalue weighted by Gasteiger charge is -2.21. The third-order valence-electron chi connectivity index (χ3n) is 5.34. The van der Waals surface area contributed by atoms with Gasteiger partial charge in [-0.25, -0.2) is 0 Å². The van der Waals surface area contributed by atoms with Gasteiger partial charge in [-0.3, -0.25) is 4.57 Å². The van der Waals surface area contributed by atoms with Crippen LogP contribution in [0.2, 0.25) is 0 Å². The molecule has 0 saturated heterocycles. The van der Waals surface area contributed by atoms with Crippen LogP contribution >= 0.6 is 7.60 Å². The summed E-state index contributed by atoms with van der Waals surface area (Å²) in [6.45, 7) is 8.39. The zero-order valence-corrected chi connectivity index (χ0v) is 17.8. The molecule has 28 heavy (non-hydrogen) atoms. The summed E-state index contributed by atoms with van der Waals surface area (Å²) >= 11 is 0. The van der Waals surface area contributed by atoms with Gasteiger partial charge in [-0.15, -0.1) is 0 Å². The van der Waals surface area contributed by atoms with Crippen LogP contribution in [-0.4, -0.2) is 9.79 Å². The number of hydrogen-bond acceptors (Lipinski definition) is 1. The van der Waals surface area contributed by atoms with E-state index in [-0.39, 0.29) is 5.30 Å². The molecule has 3 rings (SSSR count). The molecule has 0 bridgehead atoms. The van der Waals surface area contributed by atoms with Crippen molar-refractivity contribution in [3.05, 3.63) is 88.0 Å². The zero-order chi connectivity index (χ0) is 20.5. The number of benzene rings is 3. The summed E-state index contributed by atoms with van der Waals surface area (Å²) in [5.74, 6) is 0. The van der Waals surface area contributed by atoms with E-state index in [0.29, 0.717) is 12.0 Å². The predicted molar refractivity (Wildman–Crippen MR) is 116 cm³/mol. The van der Waals surface area contributed by atoms with Crippen molar-refractivity contribution in [1.82, 2.24) is 0 Å². The highest BCUT2D eigenvalue weighted by Gasteiger charge is 2.26. The van der Waals surface area contributed by atoms with Crippen LogP contribution < -0.4 is 5.30 Å². The normalized spacial score (nSPS) is 11.6. The molecule has 0 unspecified atom stereocenters. The van der Waals surface area contributed by atoms with Crippen LogP contribution in [0.15, 0.2) is 54.6 Å². The molecule has 0 aliphatic rings. The Hall–Kier alpha value is -2.19. The molecule has 0 atom stereocenters. The van der Waals surface area contributed by atoms with E-state index in [1.807, 2.05) is 36.4 Å². The fraction of sp³-hybridized carbons (Fsp3) is 0.250. The lowest BCUT2D eigenvalue weighted by Crippen LogP contribution is -2.14.